The number of anilines is 1. The molecule has 0 spiro atoms. The average Bonchev–Trinajstić information content (AvgIpc) is 2.55. The molecule has 0 aromatic heterocycles. The predicted octanol–water partition coefficient (Wildman–Crippen LogP) is 4.55. The van der Waals surface area contributed by atoms with E-state index >= 15 is 0 Å². The third-order valence-electron chi connectivity index (χ3n) is 3.80. The van der Waals surface area contributed by atoms with E-state index in [-0.39, 0.29) is 5.91 Å². The smallest absolute Gasteiger partial charge is 0.224 e. The quantitative estimate of drug-likeness (QED) is 0.834. The van der Waals surface area contributed by atoms with E-state index in [4.69, 9.17) is 21.1 Å². The lowest BCUT2D eigenvalue weighted by Gasteiger charge is -2.14. The molecule has 0 heterocycles. The van der Waals surface area contributed by atoms with Gasteiger partial charge in [0.15, 0.2) is 11.5 Å². The Bertz CT molecular complexity index is 720. The Labute approximate surface area is 147 Å². The minimum atomic E-state index is -0.0891. The second-order valence-corrected chi connectivity index (χ2v) is 6.05. The molecule has 0 aliphatic rings. The summed E-state index contributed by atoms with van der Waals surface area (Å²) in [7, 11) is 3.19. The van der Waals surface area contributed by atoms with E-state index in [9.17, 15) is 4.79 Å². The normalized spacial score (nSPS) is 10.4. The maximum absolute atomic E-state index is 12.3. The van der Waals surface area contributed by atoms with Crippen molar-refractivity contribution in [2.45, 2.75) is 26.7 Å². The lowest BCUT2D eigenvalue weighted by Crippen LogP contribution is -2.14. The second-order valence-electron chi connectivity index (χ2n) is 5.64. The van der Waals surface area contributed by atoms with Gasteiger partial charge in [0.25, 0.3) is 0 Å². The van der Waals surface area contributed by atoms with Crippen LogP contribution < -0.4 is 14.8 Å². The molecule has 0 radical (unpaired) electrons. The van der Waals surface area contributed by atoms with E-state index in [1.54, 1.807) is 14.2 Å². The molecule has 0 bridgehead atoms. The van der Waals surface area contributed by atoms with Gasteiger partial charge < -0.3 is 14.8 Å². The number of carbonyl (C=O) groups is 1. The summed E-state index contributed by atoms with van der Waals surface area (Å²) in [5.74, 6) is 1.24. The number of hydrogen-bond acceptors (Lipinski definition) is 3. The van der Waals surface area contributed by atoms with Gasteiger partial charge in [-0.2, -0.15) is 0 Å². The minimum Gasteiger partial charge on any atom is -0.493 e. The highest BCUT2D eigenvalue weighted by molar-refractivity contribution is 6.34. The second kappa shape index (κ2) is 8.06. The number of ether oxygens (including phenoxy) is 2. The van der Waals surface area contributed by atoms with Gasteiger partial charge in [-0.3, -0.25) is 4.79 Å². The van der Waals surface area contributed by atoms with Crippen molar-refractivity contribution < 1.29 is 14.3 Å². The summed E-state index contributed by atoms with van der Waals surface area (Å²) in [5, 5.41) is 3.45. The molecule has 0 saturated carbocycles. The third kappa shape index (κ3) is 4.20. The van der Waals surface area contributed by atoms with Crippen LogP contribution in [-0.4, -0.2) is 20.1 Å². The molecule has 0 saturated heterocycles. The number of rotatable bonds is 6. The Morgan fingerprint density at radius 3 is 2.54 bits per heavy atom. The number of halogens is 1. The van der Waals surface area contributed by atoms with Crippen LogP contribution in [0.5, 0.6) is 11.5 Å². The van der Waals surface area contributed by atoms with E-state index in [1.165, 1.54) is 0 Å². The molecule has 0 atom stereocenters. The first kappa shape index (κ1) is 18.1. The summed E-state index contributed by atoms with van der Waals surface area (Å²) < 4.78 is 10.7. The van der Waals surface area contributed by atoms with Crippen LogP contribution in [0, 0.1) is 13.8 Å². The van der Waals surface area contributed by atoms with Crippen molar-refractivity contribution in [2.75, 3.05) is 19.5 Å². The highest BCUT2D eigenvalue weighted by atomic mass is 35.5. The zero-order valence-electron chi connectivity index (χ0n) is 14.4. The van der Waals surface area contributed by atoms with Gasteiger partial charge in [-0.1, -0.05) is 29.8 Å². The van der Waals surface area contributed by atoms with Gasteiger partial charge >= 0.3 is 0 Å². The van der Waals surface area contributed by atoms with Crippen LogP contribution >= 0.6 is 11.6 Å². The summed E-state index contributed by atoms with van der Waals surface area (Å²) in [5.41, 5.74) is 3.62. The van der Waals surface area contributed by atoms with Gasteiger partial charge in [0.1, 0.15) is 0 Å². The molecule has 1 amide bonds. The number of carbonyl (C=O) groups excluding carboxylic acids is 1. The molecule has 5 heteroatoms. The van der Waals surface area contributed by atoms with Crippen molar-refractivity contribution >= 4 is 23.2 Å². The average molecular weight is 348 g/mol. The number of benzene rings is 2. The Balaban J connectivity index is 2.07. The van der Waals surface area contributed by atoms with Crippen LogP contribution in [0.25, 0.3) is 0 Å². The summed E-state index contributed by atoms with van der Waals surface area (Å²) in [6, 6.07) is 9.48. The van der Waals surface area contributed by atoms with Crippen LogP contribution in [0.3, 0.4) is 0 Å². The Morgan fingerprint density at radius 2 is 1.92 bits per heavy atom. The zero-order chi connectivity index (χ0) is 17.7. The fraction of sp³-hybridized carbons (Fsp3) is 0.316. The lowest BCUT2D eigenvalue weighted by atomic mass is 10.1. The first-order valence-corrected chi connectivity index (χ1v) is 8.10. The molecule has 4 nitrogen and oxygen atoms in total. The zero-order valence-corrected chi connectivity index (χ0v) is 15.2. The van der Waals surface area contributed by atoms with Gasteiger partial charge in [0.2, 0.25) is 5.91 Å². The minimum absolute atomic E-state index is 0.0891. The fourth-order valence-corrected chi connectivity index (χ4v) is 3.04. The number of aryl methyl sites for hydroxylation is 3. The van der Waals surface area contributed by atoms with Gasteiger partial charge in [-0.25, -0.2) is 0 Å². The van der Waals surface area contributed by atoms with Crippen LogP contribution in [-0.2, 0) is 11.2 Å². The topological polar surface area (TPSA) is 47.6 Å². The van der Waals surface area contributed by atoms with Gasteiger partial charge in [-0.05, 0) is 49.1 Å². The third-order valence-corrected chi connectivity index (χ3v) is 4.10. The molecule has 2 aromatic carbocycles. The molecular formula is C19H22ClNO3. The largest absolute Gasteiger partial charge is 0.493 e. The molecule has 2 rings (SSSR count). The van der Waals surface area contributed by atoms with Crippen molar-refractivity contribution in [1.82, 2.24) is 0 Å². The van der Waals surface area contributed by atoms with E-state index in [0.29, 0.717) is 35.1 Å². The highest BCUT2D eigenvalue weighted by Crippen LogP contribution is 2.32. The number of nitrogens with one attached hydrogen (secondary N) is 1. The van der Waals surface area contributed by atoms with Gasteiger partial charge in [0, 0.05) is 6.42 Å². The number of methoxy groups -OCH3 is 2. The van der Waals surface area contributed by atoms with Crippen LogP contribution in [0.1, 0.15) is 23.1 Å². The number of amides is 1. The molecule has 128 valence electrons. The first-order valence-electron chi connectivity index (χ1n) is 7.72. The van der Waals surface area contributed by atoms with Crippen LogP contribution in [0.4, 0.5) is 5.69 Å². The molecule has 24 heavy (non-hydrogen) atoms. The highest BCUT2D eigenvalue weighted by Gasteiger charge is 2.13. The van der Waals surface area contributed by atoms with Crippen molar-refractivity contribution in [2.24, 2.45) is 0 Å². The SMILES string of the molecule is COc1cccc(CCC(=O)Nc2c(C)cc(C)cc2Cl)c1OC. The summed E-state index contributed by atoms with van der Waals surface area (Å²) in [6.07, 6.45) is 0.877. The van der Waals surface area contributed by atoms with E-state index < -0.39 is 0 Å². The van der Waals surface area contributed by atoms with Gasteiger partial charge in [-0.15, -0.1) is 0 Å². The monoisotopic (exact) mass is 347 g/mol. The van der Waals surface area contributed by atoms with Crippen molar-refractivity contribution in [3.05, 3.63) is 52.0 Å². The summed E-state index contributed by atoms with van der Waals surface area (Å²) in [4.78, 5) is 12.3. The summed E-state index contributed by atoms with van der Waals surface area (Å²) in [6.45, 7) is 3.90. The van der Waals surface area contributed by atoms with Crippen molar-refractivity contribution in [3.63, 3.8) is 0 Å². The maximum atomic E-state index is 12.3. The molecule has 0 aliphatic heterocycles. The van der Waals surface area contributed by atoms with E-state index in [1.807, 2.05) is 44.2 Å². The molecule has 0 fully saturated rings. The summed E-state index contributed by atoms with van der Waals surface area (Å²) >= 11 is 6.23. The Hall–Kier alpha value is -2.20. The Morgan fingerprint density at radius 1 is 1.17 bits per heavy atom. The molecular weight excluding hydrogens is 326 g/mol. The van der Waals surface area contributed by atoms with E-state index in [0.717, 1.165) is 16.7 Å². The van der Waals surface area contributed by atoms with Crippen LogP contribution in [0.2, 0.25) is 5.02 Å². The lowest BCUT2D eigenvalue weighted by molar-refractivity contribution is -0.116. The Kier molecular flexibility index (Phi) is 6.10. The molecule has 2 aromatic rings. The molecule has 1 N–H and O–H groups in total. The van der Waals surface area contributed by atoms with E-state index in [2.05, 4.69) is 5.32 Å². The van der Waals surface area contributed by atoms with Crippen molar-refractivity contribution in [1.29, 1.82) is 0 Å². The first-order chi connectivity index (χ1) is 11.5. The number of hydrogen-bond donors (Lipinski definition) is 1. The standard InChI is InChI=1S/C19H22ClNO3/c1-12-10-13(2)18(15(20)11-12)21-17(22)9-8-14-6-5-7-16(23-3)19(14)24-4/h5-7,10-11H,8-9H2,1-4H3,(H,21,22). The number of para-hydroxylation sites is 1. The van der Waals surface area contributed by atoms with Gasteiger partial charge in [0.05, 0.1) is 24.9 Å². The molecule has 0 aliphatic carbocycles. The maximum Gasteiger partial charge on any atom is 0.224 e. The van der Waals surface area contributed by atoms with Crippen molar-refractivity contribution in [3.8, 4) is 11.5 Å². The fourth-order valence-electron chi connectivity index (χ4n) is 2.67. The predicted molar refractivity (Wildman–Crippen MR) is 97.4 cm³/mol. The van der Waals surface area contributed by atoms with Crippen LogP contribution in [0.15, 0.2) is 30.3 Å². The molecule has 0 unspecified atom stereocenters.